The number of carbonyl (C=O) groups excluding carboxylic acids is 1. The number of hydrogen-bond donors (Lipinski definition) is 1. The van der Waals surface area contributed by atoms with Gasteiger partial charge in [-0.15, -0.1) is 6.58 Å². The number of esters is 1. The molecule has 2 atom stereocenters. The van der Waals surface area contributed by atoms with Crippen LogP contribution in [0.4, 0.5) is 0 Å². The summed E-state index contributed by atoms with van der Waals surface area (Å²) in [6.45, 7) is 16.0. The van der Waals surface area contributed by atoms with Crippen molar-refractivity contribution in [3.05, 3.63) is 73.3 Å². The van der Waals surface area contributed by atoms with Crippen molar-refractivity contribution in [3.8, 4) is 0 Å². The van der Waals surface area contributed by atoms with E-state index in [9.17, 15) is 9.90 Å². The largest absolute Gasteiger partial charge is 0.463 e. The molecule has 5 heteroatoms. The summed E-state index contributed by atoms with van der Waals surface area (Å²) in [6.07, 6.45) is 1.69. The zero-order valence-corrected chi connectivity index (χ0v) is 22.0. The molecule has 4 nitrogen and oxygen atoms in total. The van der Waals surface area contributed by atoms with E-state index >= 15 is 0 Å². The summed E-state index contributed by atoms with van der Waals surface area (Å²) < 4.78 is 12.5. The Morgan fingerprint density at radius 1 is 0.970 bits per heavy atom. The lowest BCUT2D eigenvalue weighted by Gasteiger charge is -2.45. The number of carbonyl (C=O) groups is 1. The number of benzene rings is 2. The summed E-state index contributed by atoms with van der Waals surface area (Å²) in [5.41, 5.74) is -0.605. The Hall–Kier alpha value is -2.21. The predicted molar refractivity (Wildman–Crippen MR) is 138 cm³/mol. The van der Waals surface area contributed by atoms with Crippen molar-refractivity contribution in [1.29, 1.82) is 0 Å². The van der Waals surface area contributed by atoms with E-state index in [-0.39, 0.29) is 23.7 Å². The molecule has 180 valence electrons. The average Bonchev–Trinajstić information content (AvgIpc) is 2.75. The van der Waals surface area contributed by atoms with Crippen molar-refractivity contribution in [1.82, 2.24) is 0 Å². The van der Waals surface area contributed by atoms with Gasteiger partial charge in [0.15, 0.2) is 0 Å². The molecule has 0 aromatic heterocycles. The number of rotatable bonds is 10. The van der Waals surface area contributed by atoms with Crippen molar-refractivity contribution in [2.24, 2.45) is 5.41 Å². The second-order valence-corrected chi connectivity index (χ2v) is 14.9. The molecule has 0 aliphatic heterocycles. The van der Waals surface area contributed by atoms with Gasteiger partial charge in [-0.1, -0.05) is 87.5 Å². The number of hydrogen-bond acceptors (Lipinski definition) is 4. The van der Waals surface area contributed by atoms with Gasteiger partial charge in [0.2, 0.25) is 0 Å². The summed E-state index contributed by atoms with van der Waals surface area (Å²) in [5.74, 6) is -0.324. The van der Waals surface area contributed by atoms with E-state index in [1.54, 1.807) is 20.8 Å². The fraction of sp³-hybridized carbons (Fsp3) is 0.464. The van der Waals surface area contributed by atoms with Gasteiger partial charge in [-0.3, -0.25) is 4.79 Å². The summed E-state index contributed by atoms with van der Waals surface area (Å²) in [6, 6.07) is 20.9. The Balaban J connectivity index is 2.40. The molecule has 0 radical (unpaired) electrons. The molecular weight excluding hydrogens is 428 g/mol. The topological polar surface area (TPSA) is 55.8 Å². The van der Waals surface area contributed by atoms with Crippen molar-refractivity contribution >= 4 is 24.7 Å². The molecule has 0 saturated carbocycles. The third-order valence-electron chi connectivity index (χ3n) is 5.74. The van der Waals surface area contributed by atoms with E-state index in [0.29, 0.717) is 12.8 Å². The molecule has 0 spiro atoms. The summed E-state index contributed by atoms with van der Waals surface area (Å²) in [4.78, 5) is 12.1. The molecular formula is C28H40O4Si. The predicted octanol–water partition coefficient (Wildman–Crippen LogP) is 4.85. The minimum absolute atomic E-state index is 0.0478. The van der Waals surface area contributed by atoms with Crippen molar-refractivity contribution in [2.45, 2.75) is 71.6 Å². The van der Waals surface area contributed by atoms with Crippen LogP contribution in [-0.4, -0.2) is 38.2 Å². The minimum Gasteiger partial charge on any atom is -0.463 e. The van der Waals surface area contributed by atoms with Crippen LogP contribution >= 0.6 is 0 Å². The van der Waals surface area contributed by atoms with E-state index in [1.807, 2.05) is 18.2 Å². The third kappa shape index (κ3) is 6.89. The monoisotopic (exact) mass is 468 g/mol. The number of aliphatic hydroxyl groups excluding tert-OH is 1. The second-order valence-electron chi connectivity index (χ2n) is 10.7. The quantitative estimate of drug-likeness (QED) is 0.308. The van der Waals surface area contributed by atoms with Crippen LogP contribution in [0.3, 0.4) is 0 Å². The van der Waals surface area contributed by atoms with Gasteiger partial charge in [-0.25, -0.2) is 0 Å². The lowest BCUT2D eigenvalue weighted by Crippen LogP contribution is -2.67. The van der Waals surface area contributed by atoms with Crippen LogP contribution in [0.25, 0.3) is 0 Å². The normalized spacial score (nSPS) is 14.4. The first-order valence-electron chi connectivity index (χ1n) is 11.7. The molecule has 2 aromatic rings. The van der Waals surface area contributed by atoms with Crippen LogP contribution in [0.5, 0.6) is 0 Å². The lowest BCUT2D eigenvalue weighted by atomic mass is 9.97. The first-order valence-corrected chi connectivity index (χ1v) is 13.6. The molecule has 0 fully saturated rings. The van der Waals surface area contributed by atoms with Gasteiger partial charge in [0.1, 0.15) is 6.61 Å². The van der Waals surface area contributed by atoms with Gasteiger partial charge >= 0.3 is 5.97 Å². The van der Waals surface area contributed by atoms with E-state index in [2.05, 4.69) is 75.9 Å². The highest BCUT2D eigenvalue weighted by Crippen LogP contribution is 2.38. The first kappa shape index (κ1) is 27.0. The maximum absolute atomic E-state index is 12.1. The fourth-order valence-corrected chi connectivity index (χ4v) is 8.79. The van der Waals surface area contributed by atoms with Crippen LogP contribution in [0.2, 0.25) is 5.04 Å². The molecule has 2 aromatic carbocycles. The Kier molecular flexibility index (Phi) is 9.24. The first-order chi connectivity index (χ1) is 15.4. The van der Waals surface area contributed by atoms with Crippen LogP contribution in [-0.2, 0) is 14.0 Å². The third-order valence-corrected chi connectivity index (χ3v) is 10.8. The van der Waals surface area contributed by atoms with Gasteiger partial charge in [0.05, 0.1) is 17.6 Å². The highest BCUT2D eigenvalue weighted by atomic mass is 28.4. The summed E-state index contributed by atoms with van der Waals surface area (Å²) >= 11 is 0. The van der Waals surface area contributed by atoms with E-state index in [0.717, 1.165) is 0 Å². The Morgan fingerprint density at radius 2 is 1.45 bits per heavy atom. The van der Waals surface area contributed by atoms with Gasteiger partial charge in [-0.05, 0) is 42.6 Å². The minimum atomic E-state index is -2.76. The molecule has 0 unspecified atom stereocenters. The average molecular weight is 469 g/mol. The van der Waals surface area contributed by atoms with Crippen LogP contribution in [0.15, 0.2) is 73.3 Å². The molecule has 0 heterocycles. The lowest BCUT2D eigenvalue weighted by molar-refractivity contribution is -0.156. The molecule has 1 N–H and O–H groups in total. The van der Waals surface area contributed by atoms with E-state index in [4.69, 9.17) is 9.16 Å². The maximum atomic E-state index is 12.1. The van der Waals surface area contributed by atoms with Crippen LogP contribution in [0, 0.1) is 5.41 Å². The van der Waals surface area contributed by atoms with Crippen LogP contribution in [0.1, 0.15) is 54.4 Å². The molecule has 0 amide bonds. The maximum Gasteiger partial charge on any atom is 0.311 e. The molecule has 0 bridgehead atoms. The number of ether oxygens (including phenoxy) is 1. The summed E-state index contributed by atoms with van der Waals surface area (Å²) in [7, 11) is -2.76. The van der Waals surface area contributed by atoms with E-state index in [1.165, 1.54) is 10.4 Å². The van der Waals surface area contributed by atoms with Crippen molar-refractivity contribution in [2.75, 3.05) is 6.61 Å². The van der Waals surface area contributed by atoms with Gasteiger partial charge < -0.3 is 14.3 Å². The fourth-order valence-electron chi connectivity index (χ4n) is 4.08. The highest BCUT2D eigenvalue weighted by molar-refractivity contribution is 6.99. The molecule has 33 heavy (non-hydrogen) atoms. The Labute approximate surface area is 200 Å². The zero-order chi connectivity index (χ0) is 24.7. The van der Waals surface area contributed by atoms with Crippen molar-refractivity contribution < 1.29 is 19.1 Å². The molecule has 0 aliphatic carbocycles. The zero-order valence-electron chi connectivity index (χ0n) is 21.0. The van der Waals surface area contributed by atoms with Gasteiger partial charge in [-0.2, -0.15) is 0 Å². The number of aliphatic hydroxyl groups is 1. The standard InChI is InChI=1S/C28H40O4Si/c1-8-15-23(20-22(29)21-31-26(30)27(2,3)4)32-33(28(5,6)7,24-16-11-9-12-17-24)25-18-13-10-14-19-25/h8-14,16-19,22-23,29H,1,15,20-21H2,2-7H3/t22-,23+/m0/s1. The second kappa shape index (κ2) is 11.3. The molecule has 0 saturated heterocycles. The van der Waals surface area contributed by atoms with E-state index < -0.39 is 19.8 Å². The van der Waals surface area contributed by atoms with Crippen LogP contribution < -0.4 is 10.4 Å². The summed E-state index contributed by atoms with van der Waals surface area (Å²) in [5, 5.41) is 12.9. The van der Waals surface area contributed by atoms with Crippen molar-refractivity contribution in [3.63, 3.8) is 0 Å². The smallest absolute Gasteiger partial charge is 0.311 e. The molecule has 2 rings (SSSR count). The SMILES string of the molecule is C=CC[C@H](C[C@H](O)COC(=O)C(C)(C)C)O[Si](c1ccccc1)(c1ccccc1)C(C)(C)C. The molecule has 0 aliphatic rings. The van der Waals surface area contributed by atoms with Gasteiger partial charge in [0, 0.05) is 6.42 Å². The Bertz CT molecular complexity index is 842. The Morgan fingerprint density at radius 3 is 1.85 bits per heavy atom. The van der Waals surface area contributed by atoms with Gasteiger partial charge in [0.25, 0.3) is 8.32 Å². The highest BCUT2D eigenvalue weighted by Gasteiger charge is 2.51.